The van der Waals surface area contributed by atoms with Crippen molar-refractivity contribution in [2.75, 3.05) is 0 Å². The molecule has 748 valence electrons. The van der Waals surface area contributed by atoms with E-state index in [2.05, 4.69) is 393 Å². The van der Waals surface area contributed by atoms with E-state index >= 15 is 0 Å². The molecule has 0 saturated carbocycles. The minimum absolute atomic E-state index is 0. The molecule has 0 spiro atoms. The number of pyridine rings is 3. The molecule has 0 atom stereocenters. The van der Waals surface area contributed by atoms with Crippen molar-refractivity contribution >= 4 is 41.6 Å². The third-order valence-corrected chi connectivity index (χ3v) is 22.4. The summed E-state index contributed by atoms with van der Waals surface area (Å²) in [6.07, 6.45) is 40.5. The Morgan fingerprint density at radius 3 is 1.12 bits per heavy atom. The van der Waals surface area contributed by atoms with Gasteiger partial charge in [-0.15, -0.1) is 11.3 Å². The number of benzene rings is 4. The second-order valence-corrected chi connectivity index (χ2v) is 37.1. The van der Waals surface area contributed by atoms with Gasteiger partial charge >= 0.3 is 0 Å². The molecule has 0 N–H and O–H groups in total. The number of nitrogens with zero attached hydrogens (tertiary/aromatic N) is 14. The Morgan fingerprint density at radius 1 is 0.307 bits per heavy atom. The highest BCUT2D eigenvalue weighted by Gasteiger charge is 2.14. The van der Waals surface area contributed by atoms with Gasteiger partial charge in [0, 0.05) is 114 Å². The lowest BCUT2D eigenvalue weighted by molar-refractivity contribution is 0.761. The average molecular weight is 1880 g/mol. The summed E-state index contributed by atoms with van der Waals surface area (Å²) in [6.45, 7) is 77.0. The molecule has 10 heterocycles. The number of aliphatic imine (C=N–C) groups is 2. The number of hydrogen-bond donors (Lipinski definition) is 0. The van der Waals surface area contributed by atoms with Crippen LogP contribution in [0.2, 0.25) is 0 Å². The molecule has 2 aliphatic carbocycles. The Hall–Kier alpha value is -11.2. The van der Waals surface area contributed by atoms with E-state index in [0.717, 1.165) is 42.8 Å². The molecule has 0 amide bonds. The maximum atomic E-state index is 4.52. The zero-order chi connectivity index (χ0) is 101. The maximum absolute atomic E-state index is 4.52. The van der Waals surface area contributed by atoms with Gasteiger partial charge < -0.3 is 0 Å². The van der Waals surface area contributed by atoms with Crippen LogP contribution in [-0.2, 0) is 19.3 Å². The fourth-order valence-corrected chi connectivity index (χ4v) is 13.4. The van der Waals surface area contributed by atoms with E-state index in [1.54, 1.807) is 55.0 Å². The second-order valence-electron chi connectivity index (χ2n) is 36.2. The van der Waals surface area contributed by atoms with Crippen molar-refractivity contribution in [2.45, 2.75) is 368 Å². The molecule has 0 bridgehead atoms. The van der Waals surface area contributed by atoms with Crippen molar-refractivity contribution in [3.05, 3.63) is 360 Å². The van der Waals surface area contributed by atoms with Crippen LogP contribution in [0.4, 0.5) is 5.69 Å². The SMILES string of the molecule is C.C.C.CC.CC.CC.CC(C)C1=CCC=N1.CC(C)c1ccc2c(c1)C=CC2.CC(C)c1ccc2c(c1)C=CC2.CC(C)c1ccc2c(c1)N=CC2.CC(C)c1ccccc1.CC(C)c1ccccn1.CC(C)c1cccnc1.CC(C)c1cccnn1.CC(C)c1ccncn1.CC(C)c1ccnnc1.CC(C)c1cncnc1.CC(C)c1cncs1.Cc1nc(C)c(C)c(C(C)C)c1C. The van der Waals surface area contributed by atoms with Crippen LogP contribution in [0, 0.1) is 33.6 Å². The summed E-state index contributed by atoms with van der Waals surface area (Å²) in [7, 11) is 0. The van der Waals surface area contributed by atoms with Crippen LogP contribution in [0.5, 0.6) is 0 Å². The lowest BCUT2D eigenvalue weighted by Crippen LogP contribution is -2.03. The first kappa shape index (κ1) is 130. The lowest BCUT2D eigenvalue weighted by Gasteiger charge is -2.16. The fraction of sp³-hybridized carbons (Fsp3) is 0.459. The Balaban J connectivity index is -0.00000141. The first-order chi connectivity index (χ1) is 64.0. The molecule has 8 aromatic heterocycles. The van der Waals surface area contributed by atoms with Crippen LogP contribution in [0.3, 0.4) is 0 Å². The molecule has 4 aromatic carbocycles. The van der Waals surface area contributed by atoms with Gasteiger partial charge in [0.25, 0.3) is 0 Å². The van der Waals surface area contributed by atoms with E-state index in [4.69, 9.17) is 0 Å². The van der Waals surface area contributed by atoms with Crippen molar-refractivity contribution in [2.24, 2.45) is 15.9 Å². The van der Waals surface area contributed by atoms with Crippen LogP contribution < -0.4 is 0 Å². The minimum Gasteiger partial charge on any atom is -0.265 e. The van der Waals surface area contributed by atoms with Crippen molar-refractivity contribution < 1.29 is 0 Å². The summed E-state index contributed by atoms with van der Waals surface area (Å²) in [6, 6.07) is 48.6. The highest BCUT2D eigenvalue weighted by Crippen LogP contribution is 2.31. The molecule has 15 heteroatoms. The number of hydrogen-bond acceptors (Lipinski definition) is 15. The quantitative estimate of drug-likeness (QED) is 0.107. The predicted octanol–water partition coefficient (Wildman–Crippen LogP) is 36.1. The standard InChI is InChI=1S/C12H19N.2C12H14.C11H13N.C9H12.2C8H11N.4C7H10N2.C7H11N.C6H9NS.3C2H6.3CH4/c1-7(2)12-8(3)10(5)13-11(6)9(12)4;2*1-9(2)11-7-6-10-4-3-5-12(10)8-11;1-8(2)10-4-3-9-5-6-12-11(9)7-10;1-8(2)9-6-4-3-5-7-9;1-7(2)8-4-3-5-9-6-8;1-7(2)8-5-3-4-6-9-8;1-6(2)7-3-8-5-9-4-7;1-6(2)7-3-4-8-5-9-7;1-6(2)7-3-4-8-9-5-7;1-6(2)7-4-3-5-8-9-7;1-6(2)7-4-3-5-8-7;1-5(2)6-3-7-4-8-6;3*1-2;;;/h7H,1-6H3;2*3,5-9H,4H2,1-2H3;3-4,6-8H,5H2,1-2H3;3-8H,1-2H3;2*3-7H,1-2H3;4*3-6H,1-2H3;4-6H,3H2,1-2H3;3-5H,1-2H3;3*1-2H3;3*1H4. The molecule has 0 radical (unpaired) electrons. The minimum atomic E-state index is 0. The molecular formula is C122H184N14S. The van der Waals surface area contributed by atoms with Crippen molar-refractivity contribution in [3.8, 4) is 0 Å². The van der Waals surface area contributed by atoms with Crippen LogP contribution in [0.25, 0.3) is 12.2 Å². The third kappa shape index (κ3) is 53.4. The smallest absolute Gasteiger partial charge is 0.115 e. The van der Waals surface area contributed by atoms with Crippen molar-refractivity contribution in [3.63, 3.8) is 0 Å². The molecular weight excluding hydrogens is 1690 g/mol. The normalized spacial score (nSPS) is 11.1. The number of allylic oxidation sites excluding steroid dienone is 4. The molecule has 12 aromatic rings. The summed E-state index contributed by atoms with van der Waals surface area (Å²) < 4.78 is 0. The molecule has 0 unspecified atom stereocenters. The number of aromatic nitrogens is 12. The number of rotatable bonds is 13. The summed E-state index contributed by atoms with van der Waals surface area (Å²) in [5, 5.41) is 15.1. The largest absolute Gasteiger partial charge is 0.265 e. The Kier molecular flexibility index (Phi) is 72.0. The van der Waals surface area contributed by atoms with Gasteiger partial charge in [-0.3, -0.25) is 29.9 Å². The number of thiazole rings is 1. The first-order valence-corrected chi connectivity index (χ1v) is 50.1. The van der Waals surface area contributed by atoms with E-state index < -0.39 is 0 Å². The van der Waals surface area contributed by atoms with Crippen LogP contribution in [-0.4, -0.2) is 72.7 Å². The van der Waals surface area contributed by atoms with Gasteiger partial charge in [-0.1, -0.05) is 365 Å². The second kappa shape index (κ2) is 75.9. The van der Waals surface area contributed by atoms with E-state index in [1.807, 2.05) is 145 Å². The van der Waals surface area contributed by atoms with E-state index in [0.29, 0.717) is 76.9 Å². The third-order valence-electron chi connectivity index (χ3n) is 21.4. The molecule has 2 aliphatic heterocycles. The van der Waals surface area contributed by atoms with E-state index in [-0.39, 0.29) is 22.3 Å². The van der Waals surface area contributed by atoms with Crippen molar-refractivity contribution in [1.82, 2.24) is 60.3 Å². The highest BCUT2D eigenvalue weighted by atomic mass is 32.1. The Labute approximate surface area is 840 Å². The lowest BCUT2D eigenvalue weighted by atomic mass is 9.92. The van der Waals surface area contributed by atoms with Gasteiger partial charge in [0.2, 0.25) is 0 Å². The summed E-state index contributed by atoms with van der Waals surface area (Å²) >= 11 is 1.72. The zero-order valence-corrected chi connectivity index (χ0v) is 90.1. The number of fused-ring (bicyclic) bond motifs is 3. The summed E-state index contributed by atoms with van der Waals surface area (Å²) in [5.74, 6) is 7.62. The van der Waals surface area contributed by atoms with Gasteiger partial charge in [-0.05, 0) is 249 Å². The maximum Gasteiger partial charge on any atom is 0.115 e. The monoisotopic (exact) mass is 1880 g/mol. The molecule has 14 nitrogen and oxygen atoms in total. The van der Waals surface area contributed by atoms with Crippen LogP contribution in [0.15, 0.2) is 254 Å². The van der Waals surface area contributed by atoms with Crippen molar-refractivity contribution in [1.29, 1.82) is 0 Å². The van der Waals surface area contributed by atoms with Gasteiger partial charge in [-0.25, -0.2) is 19.9 Å². The Bertz CT molecular complexity index is 4500. The fourth-order valence-electron chi connectivity index (χ4n) is 12.8. The molecule has 0 saturated heterocycles. The van der Waals surface area contributed by atoms with Gasteiger partial charge in [0.05, 0.1) is 23.1 Å². The molecule has 4 aliphatic rings. The molecule has 16 rings (SSSR count). The topological polar surface area (TPSA) is 179 Å². The molecule has 0 fully saturated rings. The Morgan fingerprint density at radius 2 is 0.781 bits per heavy atom. The van der Waals surface area contributed by atoms with Gasteiger partial charge in [0.1, 0.15) is 12.7 Å². The van der Waals surface area contributed by atoms with E-state index in [9.17, 15) is 0 Å². The summed E-state index contributed by atoms with van der Waals surface area (Å²) in [4.78, 5) is 42.2. The predicted molar refractivity (Wildman–Crippen MR) is 604 cm³/mol. The van der Waals surface area contributed by atoms with E-state index in [1.165, 1.54) is 111 Å². The van der Waals surface area contributed by atoms with Gasteiger partial charge in [0.15, 0.2) is 0 Å². The number of aryl methyl sites for hydroxylation is 2. The summed E-state index contributed by atoms with van der Waals surface area (Å²) in [5.41, 5.74) is 30.7. The average Bonchev–Trinajstić information content (AvgIpc) is 1.61. The van der Waals surface area contributed by atoms with Gasteiger partial charge in [-0.2, -0.15) is 20.4 Å². The first-order valence-electron chi connectivity index (χ1n) is 49.2. The highest BCUT2D eigenvalue weighted by molar-refractivity contribution is 7.09. The molecule has 137 heavy (non-hydrogen) atoms. The van der Waals surface area contributed by atoms with Crippen LogP contribution in [0.1, 0.15) is 438 Å². The zero-order valence-electron chi connectivity index (χ0n) is 89.3. The van der Waals surface area contributed by atoms with Crippen LogP contribution >= 0.6 is 11.3 Å².